The zero-order chi connectivity index (χ0) is 18.4. The summed E-state index contributed by atoms with van der Waals surface area (Å²) < 4.78 is 44.9. The maximum atomic E-state index is 12.2. The van der Waals surface area contributed by atoms with Gasteiger partial charge in [0.2, 0.25) is 0 Å². The highest BCUT2D eigenvalue weighted by Gasteiger charge is 2.31. The zero-order valence-corrected chi connectivity index (χ0v) is 13.5. The average Bonchev–Trinajstić information content (AvgIpc) is 2.55. The summed E-state index contributed by atoms with van der Waals surface area (Å²) in [5, 5.41) is 2.59. The monoisotopic (exact) mass is 361 g/mol. The minimum atomic E-state index is -4.76. The molecule has 0 unspecified atom stereocenters. The predicted molar refractivity (Wildman–Crippen MR) is 82.3 cm³/mol. The summed E-state index contributed by atoms with van der Waals surface area (Å²) in [6, 6.07) is 4.46. The Kier molecular flexibility index (Phi) is 5.94. The van der Waals surface area contributed by atoms with Gasteiger partial charge in [-0.15, -0.1) is 13.2 Å². The maximum absolute atomic E-state index is 12.2. The Morgan fingerprint density at radius 3 is 2.16 bits per heavy atom. The fraction of sp³-hybridized carbons (Fsp3) is 0.467. The number of carbonyl (C=O) groups is 2. The molecule has 0 spiro atoms. The molecule has 0 aliphatic carbocycles. The lowest BCUT2D eigenvalue weighted by Gasteiger charge is -2.34. The van der Waals surface area contributed by atoms with Gasteiger partial charge in [0.15, 0.2) is 0 Å². The average molecular weight is 361 g/mol. The van der Waals surface area contributed by atoms with Gasteiger partial charge in [-0.25, -0.2) is 9.59 Å². The molecule has 1 heterocycles. The summed E-state index contributed by atoms with van der Waals surface area (Å²) in [5.41, 5.74) is 0.340. The van der Waals surface area contributed by atoms with Crippen molar-refractivity contribution in [1.29, 1.82) is 0 Å². The molecule has 1 fully saturated rings. The Labute approximate surface area is 142 Å². The normalized spacial score (nSPS) is 14.9. The van der Waals surface area contributed by atoms with Crippen molar-refractivity contribution in [2.45, 2.75) is 13.3 Å². The van der Waals surface area contributed by atoms with Crippen molar-refractivity contribution >= 4 is 17.8 Å². The highest BCUT2D eigenvalue weighted by Crippen LogP contribution is 2.24. The minimum Gasteiger partial charge on any atom is -0.450 e. The van der Waals surface area contributed by atoms with E-state index in [1.165, 1.54) is 21.9 Å². The van der Waals surface area contributed by atoms with Gasteiger partial charge < -0.3 is 24.6 Å². The third-order valence-electron chi connectivity index (χ3n) is 3.43. The Morgan fingerprint density at radius 2 is 1.64 bits per heavy atom. The first kappa shape index (κ1) is 18.7. The molecule has 1 aliphatic heterocycles. The van der Waals surface area contributed by atoms with Crippen LogP contribution in [0.5, 0.6) is 5.75 Å². The quantitative estimate of drug-likeness (QED) is 0.899. The molecule has 3 amide bonds. The van der Waals surface area contributed by atoms with Gasteiger partial charge in [-0.05, 0) is 31.2 Å². The lowest BCUT2D eigenvalue weighted by Crippen LogP contribution is -2.51. The first-order valence-electron chi connectivity index (χ1n) is 7.62. The summed E-state index contributed by atoms with van der Waals surface area (Å²) in [5.74, 6) is -0.367. The number of urea groups is 1. The van der Waals surface area contributed by atoms with E-state index in [1.54, 1.807) is 6.92 Å². The fourth-order valence-electron chi connectivity index (χ4n) is 2.25. The van der Waals surface area contributed by atoms with Crippen molar-refractivity contribution in [2.24, 2.45) is 0 Å². The van der Waals surface area contributed by atoms with E-state index < -0.39 is 18.5 Å². The van der Waals surface area contributed by atoms with E-state index in [-0.39, 0.29) is 12.4 Å². The number of nitrogens with one attached hydrogen (secondary N) is 1. The van der Waals surface area contributed by atoms with Gasteiger partial charge in [-0.1, -0.05) is 0 Å². The van der Waals surface area contributed by atoms with E-state index in [0.717, 1.165) is 12.1 Å². The molecule has 1 N–H and O–H groups in total. The summed E-state index contributed by atoms with van der Waals surface area (Å²) in [7, 11) is 0. The van der Waals surface area contributed by atoms with E-state index in [1.807, 2.05) is 0 Å². The highest BCUT2D eigenvalue weighted by atomic mass is 19.4. The molecular weight excluding hydrogens is 343 g/mol. The van der Waals surface area contributed by atoms with E-state index >= 15 is 0 Å². The van der Waals surface area contributed by atoms with Crippen LogP contribution < -0.4 is 10.1 Å². The van der Waals surface area contributed by atoms with Crippen LogP contribution in [0.15, 0.2) is 24.3 Å². The van der Waals surface area contributed by atoms with Gasteiger partial charge in [0, 0.05) is 31.9 Å². The summed E-state index contributed by atoms with van der Waals surface area (Å²) in [4.78, 5) is 26.8. The van der Waals surface area contributed by atoms with Gasteiger partial charge in [0.1, 0.15) is 5.75 Å². The van der Waals surface area contributed by atoms with Crippen LogP contribution >= 0.6 is 0 Å². The summed E-state index contributed by atoms with van der Waals surface area (Å²) in [6.07, 6.45) is -5.17. The third-order valence-corrected chi connectivity index (χ3v) is 3.43. The number of piperazine rings is 1. The molecule has 1 aliphatic rings. The SMILES string of the molecule is CCOC(=O)N1CCN(C(=O)Nc2ccc(OC(F)(F)F)cc2)CC1. The molecule has 1 saturated heterocycles. The Morgan fingerprint density at radius 1 is 1.08 bits per heavy atom. The summed E-state index contributed by atoms with van der Waals surface area (Å²) >= 11 is 0. The Hall–Kier alpha value is -2.65. The van der Waals surface area contributed by atoms with Crippen LogP contribution in [0.1, 0.15) is 6.92 Å². The summed E-state index contributed by atoms with van der Waals surface area (Å²) in [6.45, 7) is 3.37. The van der Waals surface area contributed by atoms with Crippen LogP contribution in [0.4, 0.5) is 28.4 Å². The highest BCUT2D eigenvalue weighted by molar-refractivity contribution is 5.89. The third kappa shape index (κ3) is 5.73. The van der Waals surface area contributed by atoms with Crippen molar-refractivity contribution < 1.29 is 32.2 Å². The van der Waals surface area contributed by atoms with E-state index in [2.05, 4.69) is 10.1 Å². The number of carbonyl (C=O) groups excluding carboxylic acids is 2. The standard InChI is InChI=1S/C15H18F3N3O4/c1-2-24-14(23)21-9-7-20(8-10-21)13(22)19-11-3-5-12(6-4-11)25-15(16,17)18/h3-6H,2,7-10H2,1H3,(H,19,22). The van der Waals surface area contributed by atoms with Gasteiger partial charge in [0.05, 0.1) is 6.61 Å². The van der Waals surface area contributed by atoms with Gasteiger partial charge in [-0.2, -0.15) is 0 Å². The number of hydrogen-bond donors (Lipinski definition) is 1. The van der Waals surface area contributed by atoms with Crippen LogP contribution in [0, 0.1) is 0 Å². The van der Waals surface area contributed by atoms with Crippen molar-refractivity contribution in [3.05, 3.63) is 24.3 Å². The van der Waals surface area contributed by atoms with Gasteiger partial charge in [-0.3, -0.25) is 0 Å². The number of rotatable bonds is 3. The second kappa shape index (κ2) is 7.95. The van der Waals surface area contributed by atoms with Crippen LogP contribution in [-0.2, 0) is 4.74 Å². The molecule has 25 heavy (non-hydrogen) atoms. The molecule has 1 aromatic carbocycles. The number of halogens is 3. The van der Waals surface area contributed by atoms with Crippen molar-refractivity contribution in [1.82, 2.24) is 9.80 Å². The maximum Gasteiger partial charge on any atom is 0.573 e. The lowest BCUT2D eigenvalue weighted by atomic mass is 10.3. The first-order chi connectivity index (χ1) is 11.8. The largest absolute Gasteiger partial charge is 0.573 e. The van der Waals surface area contributed by atoms with E-state index in [4.69, 9.17) is 4.74 Å². The Bertz CT molecular complexity index is 599. The Balaban J connectivity index is 1.83. The van der Waals surface area contributed by atoms with Crippen LogP contribution in [-0.4, -0.2) is 61.1 Å². The second-order valence-electron chi connectivity index (χ2n) is 5.18. The molecule has 2 rings (SSSR count). The topological polar surface area (TPSA) is 71.1 Å². The van der Waals surface area contributed by atoms with Crippen LogP contribution in [0.2, 0.25) is 0 Å². The number of amides is 3. The zero-order valence-electron chi connectivity index (χ0n) is 13.5. The number of anilines is 1. The van der Waals surface area contributed by atoms with Crippen LogP contribution in [0.3, 0.4) is 0 Å². The van der Waals surface area contributed by atoms with Crippen LogP contribution in [0.25, 0.3) is 0 Å². The number of ether oxygens (including phenoxy) is 2. The predicted octanol–water partition coefficient (Wildman–Crippen LogP) is 2.89. The van der Waals surface area contributed by atoms with E-state index in [0.29, 0.717) is 31.9 Å². The first-order valence-corrected chi connectivity index (χ1v) is 7.62. The molecule has 0 saturated carbocycles. The fourth-order valence-corrected chi connectivity index (χ4v) is 2.25. The molecule has 1 aromatic rings. The van der Waals surface area contributed by atoms with E-state index in [9.17, 15) is 22.8 Å². The molecule has 138 valence electrons. The number of alkyl halides is 3. The molecule has 0 atom stereocenters. The molecular formula is C15H18F3N3O4. The van der Waals surface area contributed by atoms with Gasteiger partial charge in [0.25, 0.3) is 0 Å². The molecule has 0 radical (unpaired) electrons. The smallest absolute Gasteiger partial charge is 0.450 e. The lowest BCUT2D eigenvalue weighted by molar-refractivity contribution is -0.274. The minimum absolute atomic E-state index is 0.285. The number of nitrogens with zero attached hydrogens (tertiary/aromatic N) is 2. The molecule has 10 heteroatoms. The molecule has 0 aromatic heterocycles. The molecule has 0 bridgehead atoms. The number of hydrogen-bond acceptors (Lipinski definition) is 4. The van der Waals surface area contributed by atoms with Crippen molar-refractivity contribution in [3.63, 3.8) is 0 Å². The second-order valence-corrected chi connectivity index (χ2v) is 5.18. The number of benzene rings is 1. The molecule has 7 nitrogen and oxygen atoms in total. The van der Waals surface area contributed by atoms with Crippen molar-refractivity contribution in [3.8, 4) is 5.75 Å². The van der Waals surface area contributed by atoms with Gasteiger partial charge >= 0.3 is 18.5 Å². The van der Waals surface area contributed by atoms with Crippen molar-refractivity contribution in [2.75, 3.05) is 38.1 Å².